The predicted octanol–water partition coefficient (Wildman–Crippen LogP) is 2.79. The van der Waals surface area contributed by atoms with E-state index in [1.54, 1.807) is 13.8 Å². The van der Waals surface area contributed by atoms with Gasteiger partial charge in [-0.15, -0.1) is 11.3 Å². The van der Waals surface area contributed by atoms with E-state index in [4.69, 9.17) is 9.47 Å². The molecule has 8 heteroatoms. The Labute approximate surface area is 169 Å². The first kappa shape index (κ1) is 21.8. The third-order valence-electron chi connectivity index (χ3n) is 4.49. The number of aryl methyl sites for hydroxylation is 1. The lowest BCUT2D eigenvalue weighted by Gasteiger charge is -2.19. The third-order valence-corrected chi connectivity index (χ3v) is 6.21. The van der Waals surface area contributed by atoms with Gasteiger partial charge in [0.2, 0.25) is 0 Å². The van der Waals surface area contributed by atoms with Crippen LogP contribution in [-0.4, -0.2) is 42.9 Å². The van der Waals surface area contributed by atoms with E-state index >= 15 is 0 Å². The van der Waals surface area contributed by atoms with Crippen molar-refractivity contribution in [3.05, 3.63) is 21.4 Å². The second-order valence-electron chi connectivity index (χ2n) is 6.47. The number of esters is 2. The molecule has 2 rings (SSSR count). The molecule has 0 saturated carbocycles. The highest BCUT2D eigenvalue weighted by atomic mass is 32.1. The molecule has 1 amide bonds. The Morgan fingerprint density at radius 3 is 2.70 bits per heavy atom. The highest BCUT2D eigenvalue weighted by Crippen LogP contribution is 2.33. The molecule has 0 radical (unpaired) electrons. The average molecular weight is 414 g/mol. The van der Waals surface area contributed by atoms with Gasteiger partial charge in [-0.05, 0) is 62.8 Å². The minimum Gasteiger partial charge on any atom is -0.466 e. The maximum atomic E-state index is 12.7. The van der Waals surface area contributed by atoms with Gasteiger partial charge >= 0.3 is 11.9 Å². The van der Waals surface area contributed by atoms with Gasteiger partial charge in [-0.3, -0.25) is 9.59 Å². The van der Waals surface area contributed by atoms with Gasteiger partial charge < -0.3 is 14.8 Å². The summed E-state index contributed by atoms with van der Waals surface area (Å²) >= 11 is 5.85. The molecule has 0 spiro atoms. The van der Waals surface area contributed by atoms with E-state index in [0.29, 0.717) is 10.8 Å². The average Bonchev–Trinajstić information content (AvgIpc) is 3.08. The van der Waals surface area contributed by atoms with Crippen molar-refractivity contribution in [1.82, 2.24) is 5.32 Å². The monoisotopic (exact) mass is 413 g/mol. The number of amides is 1. The van der Waals surface area contributed by atoms with Gasteiger partial charge in [0.15, 0.2) is 0 Å². The van der Waals surface area contributed by atoms with Crippen molar-refractivity contribution < 1.29 is 23.9 Å². The van der Waals surface area contributed by atoms with Crippen LogP contribution in [0.3, 0.4) is 0 Å². The number of fused-ring (bicyclic) bond motifs is 1. The molecule has 0 saturated heterocycles. The molecule has 150 valence electrons. The van der Waals surface area contributed by atoms with Crippen LogP contribution in [0.1, 0.15) is 53.2 Å². The first-order valence-electron chi connectivity index (χ1n) is 9.34. The van der Waals surface area contributed by atoms with Gasteiger partial charge in [0.25, 0.3) is 5.91 Å². The van der Waals surface area contributed by atoms with Gasteiger partial charge in [0.1, 0.15) is 6.04 Å². The number of ether oxygens (including phenoxy) is 2. The molecular formula is C19H27NO5S2. The number of hydrogen-bond donors (Lipinski definition) is 2. The van der Waals surface area contributed by atoms with Crippen LogP contribution in [0.2, 0.25) is 0 Å². The van der Waals surface area contributed by atoms with Gasteiger partial charge in [0, 0.05) is 11.3 Å². The van der Waals surface area contributed by atoms with Crippen LogP contribution in [0.25, 0.3) is 0 Å². The minimum absolute atomic E-state index is 0.0438. The zero-order valence-electron chi connectivity index (χ0n) is 15.8. The standard InChI is InChI=1S/C19H27NO5S2/c1-3-24-17(21)8-7-14(19(23)25-4-2)20-18(22)16-10-13-6-5-12(11-26)9-15(13)27-16/h10,12,14,26H,3-9,11H2,1-2H3,(H,20,22)/t12?,14-/m0/s1. The second kappa shape index (κ2) is 10.7. The molecule has 1 aromatic rings. The first-order valence-corrected chi connectivity index (χ1v) is 10.8. The number of hydrogen-bond acceptors (Lipinski definition) is 7. The van der Waals surface area contributed by atoms with Gasteiger partial charge in [-0.2, -0.15) is 12.6 Å². The van der Waals surface area contributed by atoms with Crippen molar-refractivity contribution in [2.24, 2.45) is 5.92 Å². The third kappa shape index (κ3) is 6.24. The summed E-state index contributed by atoms with van der Waals surface area (Å²) in [7, 11) is 0. The first-order chi connectivity index (χ1) is 13.0. The quantitative estimate of drug-likeness (QED) is 0.481. The van der Waals surface area contributed by atoms with E-state index in [1.807, 2.05) is 6.07 Å². The van der Waals surface area contributed by atoms with E-state index in [1.165, 1.54) is 21.8 Å². The highest BCUT2D eigenvalue weighted by Gasteiger charge is 2.27. The maximum Gasteiger partial charge on any atom is 0.328 e. The summed E-state index contributed by atoms with van der Waals surface area (Å²) in [4.78, 5) is 38.2. The molecule has 0 aromatic carbocycles. The molecule has 6 nitrogen and oxygen atoms in total. The summed E-state index contributed by atoms with van der Waals surface area (Å²) in [6.45, 7) is 3.92. The minimum atomic E-state index is -0.869. The predicted molar refractivity (Wildman–Crippen MR) is 107 cm³/mol. The van der Waals surface area contributed by atoms with Gasteiger partial charge in [-0.1, -0.05) is 0 Å². The summed E-state index contributed by atoms with van der Waals surface area (Å²) in [5, 5.41) is 2.72. The van der Waals surface area contributed by atoms with Gasteiger partial charge in [-0.25, -0.2) is 4.79 Å². The number of rotatable bonds is 9. The second-order valence-corrected chi connectivity index (χ2v) is 7.97. The maximum absolute atomic E-state index is 12.7. The molecule has 0 fully saturated rings. The lowest BCUT2D eigenvalue weighted by molar-refractivity contribution is -0.146. The van der Waals surface area contributed by atoms with Crippen LogP contribution in [0.5, 0.6) is 0 Å². The fourth-order valence-corrected chi connectivity index (χ4v) is 4.60. The smallest absolute Gasteiger partial charge is 0.328 e. The van der Waals surface area contributed by atoms with Crippen LogP contribution in [0.15, 0.2) is 6.07 Å². The lowest BCUT2D eigenvalue weighted by Crippen LogP contribution is -2.42. The Morgan fingerprint density at radius 2 is 2.04 bits per heavy atom. The molecule has 1 heterocycles. The van der Waals surface area contributed by atoms with E-state index in [-0.39, 0.29) is 32.0 Å². The van der Waals surface area contributed by atoms with E-state index in [2.05, 4.69) is 17.9 Å². The van der Waals surface area contributed by atoms with Crippen molar-refractivity contribution in [3.63, 3.8) is 0 Å². The Balaban J connectivity index is 2.03. The van der Waals surface area contributed by atoms with Crippen molar-refractivity contribution in [1.29, 1.82) is 0 Å². The highest BCUT2D eigenvalue weighted by molar-refractivity contribution is 7.80. The molecule has 2 atom stereocenters. The zero-order valence-corrected chi connectivity index (χ0v) is 17.5. The lowest BCUT2D eigenvalue weighted by atomic mass is 9.90. The van der Waals surface area contributed by atoms with Crippen LogP contribution in [-0.2, 0) is 31.9 Å². The summed E-state index contributed by atoms with van der Waals surface area (Å²) in [6, 6.07) is 1.05. The summed E-state index contributed by atoms with van der Waals surface area (Å²) in [6.07, 6.45) is 3.17. The van der Waals surface area contributed by atoms with Crippen LogP contribution in [0.4, 0.5) is 0 Å². The molecule has 27 heavy (non-hydrogen) atoms. The number of nitrogens with one attached hydrogen (secondary N) is 1. The fraction of sp³-hybridized carbons (Fsp3) is 0.632. The fourth-order valence-electron chi connectivity index (χ4n) is 3.06. The zero-order chi connectivity index (χ0) is 19.8. The van der Waals surface area contributed by atoms with Crippen molar-refractivity contribution in [2.45, 2.75) is 52.0 Å². The van der Waals surface area contributed by atoms with E-state index in [0.717, 1.165) is 25.0 Å². The summed E-state index contributed by atoms with van der Waals surface area (Å²) in [5.74, 6) is 0.153. The van der Waals surface area contributed by atoms with Crippen molar-refractivity contribution >= 4 is 41.8 Å². The molecule has 0 bridgehead atoms. The number of thiophene rings is 1. The van der Waals surface area contributed by atoms with Crippen molar-refractivity contribution in [2.75, 3.05) is 19.0 Å². The normalized spacial score (nSPS) is 16.9. The summed E-state index contributed by atoms with van der Waals surface area (Å²) in [5.41, 5.74) is 1.21. The Bertz CT molecular complexity index is 673. The molecular weight excluding hydrogens is 386 g/mol. The van der Waals surface area contributed by atoms with Crippen LogP contribution >= 0.6 is 24.0 Å². The molecule has 1 aliphatic carbocycles. The number of carbonyl (C=O) groups excluding carboxylic acids is 3. The van der Waals surface area contributed by atoms with Gasteiger partial charge in [0.05, 0.1) is 18.1 Å². The largest absolute Gasteiger partial charge is 0.466 e. The molecule has 1 aromatic heterocycles. The Morgan fingerprint density at radius 1 is 1.30 bits per heavy atom. The Kier molecular flexibility index (Phi) is 8.63. The topological polar surface area (TPSA) is 81.7 Å². The van der Waals surface area contributed by atoms with E-state index in [9.17, 15) is 14.4 Å². The summed E-state index contributed by atoms with van der Waals surface area (Å²) < 4.78 is 9.92. The van der Waals surface area contributed by atoms with Crippen LogP contribution < -0.4 is 5.32 Å². The molecule has 1 N–H and O–H groups in total. The molecule has 1 aliphatic rings. The van der Waals surface area contributed by atoms with Crippen molar-refractivity contribution in [3.8, 4) is 0 Å². The molecule has 0 aliphatic heterocycles. The number of thiol groups is 1. The number of carbonyl (C=O) groups is 3. The SMILES string of the molecule is CCOC(=O)CC[C@H](NC(=O)c1cc2c(s1)CC(CS)CC2)C(=O)OCC. The molecule has 1 unspecified atom stereocenters. The Hall–Kier alpha value is -1.54. The van der Waals surface area contributed by atoms with Crippen LogP contribution in [0, 0.1) is 5.92 Å². The van der Waals surface area contributed by atoms with E-state index < -0.39 is 18.0 Å².